The Balaban J connectivity index is 2.45. The highest BCUT2D eigenvalue weighted by Gasteiger charge is 2.44. The van der Waals surface area contributed by atoms with E-state index in [1.165, 1.54) is 0 Å². The lowest BCUT2D eigenvalue weighted by Crippen LogP contribution is -2.37. The molecule has 0 bridgehead atoms. The lowest BCUT2D eigenvalue weighted by Gasteiger charge is -2.19. The number of nitrogens with zero attached hydrogens (tertiary/aromatic N) is 2. The number of hydrogen-bond donors (Lipinski definition) is 1. The monoisotopic (exact) mass is 205 g/mol. The molecule has 0 spiro atoms. The summed E-state index contributed by atoms with van der Waals surface area (Å²) in [5.41, 5.74) is 5.67. The van der Waals surface area contributed by atoms with Gasteiger partial charge in [-0.1, -0.05) is 0 Å². The maximum absolute atomic E-state index is 12.2. The Bertz CT molecular complexity index is 214. The van der Waals surface area contributed by atoms with Crippen molar-refractivity contribution >= 4 is 5.96 Å². The molecule has 0 aromatic carbocycles. The van der Waals surface area contributed by atoms with E-state index in [0.29, 0.717) is 12.4 Å². The first-order chi connectivity index (χ1) is 6.60. The summed E-state index contributed by atoms with van der Waals surface area (Å²) < 4.78 is 24.3. The highest BCUT2D eigenvalue weighted by Crippen LogP contribution is 2.38. The van der Waals surface area contributed by atoms with Crippen LogP contribution in [-0.4, -0.2) is 36.4 Å². The second-order valence-electron chi connectivity index (χ2n) is 3.46. The van der Waals surface area contributed by atoms with Crippen molar-refractivity contribution in [1.29, 1.82) is 0 Å². The van der Waals surface area contributed by atoms with Crippen molar-refractivity contribution in [2.45, 2.75) is 32.7 Å². The molecule has 2 N–H and O–H groups in total. The summed E-state index contributed by atoms with van der Waals surface area (Å²) in [5, 5.41) is 0. The fourth-order valence-corrected chi connectivity index (χ4v) is 1.42. The van der Waals surface area contributed by atoms with Crippen LogP contribution in [0.2, 0.25) is 0 Å². The van der Waals surface area contributed by atoms with Crippen LogP contribution < -0.4 is 5.73 Å². The molecular weight excluding hydrogens is 188 g/mol. The summed E-state index contributed by atoms with van der Waals surface area (Å²) in [5.74, 6) is -0.174. The molecule has 1 aliphatic carbocycles. The molecule has 0 aromatic heterocycles. The van der Waals surface area contributed by atoms with Gasteiger partial charge in [0.15, 0.2) is 5.96 Å². The van der Waals surface area contributed by atoms with Gasteiger partial charge in [-0.25, -0.2) is 13.8 Å². The van der Waals surface area contributed by atoms with Gasteiger partial charge in [0, 0.05) is 19.0 Å². The third kappa shape index (κ3) is 2.56. The number of guanidine groups is 1. The van der Waals surface area contributed by atoms with Crippen molar-refractivity contribution in [2.24, 2.45) is 16.6 Å². The van der Waals surface area contributed by atoms with Crippen molar-refractivity contribution in [3.05, 3.63) is 0 Å². The van der Waals surface area contributed by atoms with E-state index in [1.54, 1.807) is 0 Å². The van der Waals surface area contributed by atoms with Gasteiger partial charge in [0.1, 0.15) is 0 Å². The van der Waals surface area contributed by atoms with E-state index >= 15 is 0 Å². The van der Waals surface area contributed by atoms with Gasteiger partial charge in [0.2, 0.25) is 6.43 Å². The summed E-state index contributed by atoms with van der Waals surface area (Å²) in [6, 6.07) is -0.254. The number of hydrogen-bond acceptors (Lipinski definition) is 1. The molecule has 0 amide bonds. The van der Waals surface area contributed by atoms with E-state index in [1.807, 2.05) is 18.7 Å². The smallest absolute Gasteiger partial charge is 0.243 e. The molecular formula is C9H17F2N3. The van der Waals surface area contributed by atoms with Crippen molar-refractivity contribution in [3.8, 4) is 0 Å². The first-order valence-corrected chi connectivity index (χ1v) is 4.96. The molecule has 1 fully saturated rings. The first kappa shape index (κ1) is 11.2. The Labute approximate surface area is 83.0 Å². The van der Waals surface area contributed by atoms with Gasteiger partial charge in [0.25, 0.3) is 0 Å². The summed E-state index contributed by atoms with van der Waals surface area (Å²) in [6.45, 7) is 5.45. The van der Waals surface area contributed by atoms with E-state index in [2.05, 4.69) is 4.99 Å². The molecule has 0 aromatic rings. The first-order valence-electron chi connectivity index (χ1n) is 4.96. The molecule has 0 aliphatic heterocycles. The van der Waals surface area contributed by atoms with Gasteiger partial charge in [0.05, 0.1) is 6.04 Å². The average Bonchev–Trinajstić information content (AvgIpc) is 2.86. The fourth-order valence-electron chi connectivity index (χ4n) is 1.42. The minimum Gasteiger partial charge on any atom is -0.370 e. The van der Waals surface area contributed by atoms with Crippen molar-refractivity contribution in [3.63, 3.8) is 0 Å². The number of aliphatic imine (C=N–C) groups is 1. The average molecular weight is 205 g/mol. The molecule has 5 heteroatoms. The Hall–Kier alpha value is -0.870. The molecule has 82 valence electrons. The molecule has 0 radical (unpaired) electrons. The Morgan fingerprint density at radius 3 is 2.43 bits per heavy atom. The number of nitrogens with two attached hydrogens (primary N) is 1. The second kappa shape index (κ2) is 4.57. The fraction of sp³-hybridized carbons (Fsp3) is 0.889. The van der Waals surface area contributed by atoms with Crippen LogP contribution in [0.15, 0.2) is 4.99 Å². The summed E-state index contributed by atoms with van der Waals surface area (Å²) in [7, 11) is 0. The zero-order valence-corrected chi connectivity index (χ0v) is 8.58. The summed E-state index contributed by atoms with van der Waals surface area (Å²) in [6.07, 6.45) is -1.78. The van der Waals surface area contributed by atoms with Gasteiger partial charge in [-0.15, -0.1) is 0 Å². The summed E-state index contributed by atoms with van der Waals surface area (Å²) >= 11 is 0. The van der Waals surface area contributed by atoms with Crippen LogP contribution in [0.4, 0.5) is 8.78 Å². The van der Waals surface area contributed by atoms with Crippen LogP contribution in [0.25, 0.3) is 0 Å². The van der Waals surface area contributed by atoms with Gasteiger partial charge in [-0.3, -0.25) is 0 Å². The van der Waals surface area contributed by atoms with E-state index < -0.39 is 12.3 Å². The topological polar surface area (TPSA) is 41.6 Å². The van der Waals surface area contributed by atoms with E-state index in [0.717, 1.165) is 13.1 Å². The van der Waals surface area contributed by atoms with Crippen LogP contribution in [0, 0.1) is 5.92 Å². The van der Waals surface area contributed by atoms with Gasteiger partial charge >= 0.3 is 0 Å². The van der Waals surface area contributed by atoms with Crippen LogP contribution in [0.3, 0.4) is 0 Å². The van der Waals surface area contributed by atoms with Crippen molar-refractivity contribution in [1.82, 2.24) is 4.90 Å². The number of alkyl halides is 2. The van der Waals surface area contributed by atoms with Gasteiger partial charge in [-0.2, -0.15) is 0 Å². The highest BCUT2D eigenvalue weighted by atomic mass is 19.3. The molecule has 3 nitrogen and oxygen atoms in total. The molecule has 0 heterocycles. The lowest BCUT2D eigenvalue weighted by atomic mass is 10.4. The third-order valence-electron chi connectivity index (χ3n) is 2.51. The van der Waals surface area contributed by atoms with Crippen LogP contribution >= 0.6 is 0 Å². The normalized spacial score (nSPS) is 26.8. The van der Waals surface area contributed by atoms with E-state index in [4.69, 9.17) is 5.73 Å². The highest BCUT2D eigenvalue weighted by molar-refractivity contribution is 5.78. The minimum absolute atomic E-state index is 0.254. The van der Waals surface area contributed by atoms with Gasteiger partial charge < -0.3 is 10.6 Å². The Kier molecular flexibility index (Phi) is 3.66. The Morgan fingerprint density at radius 1 is 1.50 bits per heavy atom. The SMILES string of the molecule is CCN(CC)C(N)=N[C@H]1C[C@@H]1C(F)F. The standard InChI is InChI=1S/C9H17F2N3/c1-3-14(4-2)9(12)13-7-5-6(7)8(10)11/h6-8H,3-5H2,1-2H3,(H2,12,13)/t6-,7-/m0/s1. The predicted molar refractivity (Wildman–Crippen MR) is 52.4 cm³/mol. The largest absolute Gasteiger partial charge is 0.370 e. The number of rotatable bonds is 4. The zero-order valence-electron chi connectivity index (χ0n) is 8.58. The molecule has 0 unspecified atom stereocenters. The van der Waals surface area contributed by atoms with Crippen LogP contribution in [0.1, 0.15) is 20.3 Å². The molecule has 0 saturated heterocycles. The molecule has 1 aliphatic rings. The Morgan fingerprint density at radius 2 is 2.07 bits per heavy atom. The summed E-state index contributed by atoms with van der Waals surface area (Å²) in [4.78, 5) is 5.94. The van der Waals surface area contributed by atoms with Crippen molar-refractivity contribution in [2.75, 3.05) is 13.1 Å². The molecule has 2 atom stereocenters. The zero-order chi connectivity index (χ0) is 10.7. The molecule has 1 saturated carbocycles. The predicted octanol–water partition coefficient (Wildman–Crippen LogP) is 1.30. The lowest BCUT2D eigenvalue weighted by molar-refractivity contribution is 0.121. The van der Waals surface area contributed by atoms with E-state index in [-0.39, 0.29) is 6.04 Å². The molecule has 14 heavy (non-hydrogen) atoms. The second-order valence-corrected chi connectivity index (χ2v) is 3.46. The molecule has 1 rings (SSSR count). The van der Waals surface area contributed by atoms with Crippen molar-refractivity contribution < 1.29 is 8.78 Å². The maximum atomic E-state index is 12.2. The van der Waals surface area contributed by atoms with Crippen LogP contribution in [0.5, 0.6) is 0 Å². The minimum atomic E-state index is -2.26. The third-order valence-corrected chi connectivity index (χ3v) is 2.51. The number of halogens is 2. The van der Waals surface area contributed by atoms with E-state index in [9.17, 15) is 8.78 Å². The van der Waals surface area contributed by atoms with Crippen LogP contribution in [-0.2, 0) is 0 Å². The van der Waals surface area contributed by atoms with Gasteiger partial charge in [-0.05, 0) is 20.3 Å². The maximum Gasteiger partial charge on any atom is 0.243 e. The quantitative estimate of drug-likeness (QED) is 0.555.